The quantitative estimate of drug-likeness (QED) is 0.571. The molecule has 0 spiro atoms. The number of rotatable bonds is 4. The Morgan fingerprint density at radius 2 is 2.53 bits per heavy atom. The van der Waals surface area contributed by atoms with Gasteiger partial charge in [-0.05, 0) is 13.8 Å². The minimum absolute atomic E-state index is 0.111. The minimum Gasteiger partial charge on any atom is -0.344 e. The molecule has 1 aromatic heterocycles. The Kier molecular flexibility index (Phi) is 4.18. The van der Waals surface area contributed by atoms with E-state index in [2.05, 4.69) is 26.4 Å². The molecule has 80 valence electrons. The van der Waals surface area contributed by atoms with Gasteiger partial charge < -0.3 is 5.32 Å². The van der Waals surface area contributed by atoms with Crippen LogP contribution in [0.4, 0.5) is 0 Å². The number of thioether (sulfide) groups is 1. The lowest BCUT2D eigenvalue weighted by molar-refractivity contribution is -0.120. The van der Waals surface area contributed by atoms with Crippen LogP contribution in [0.3, 0.4) is 0 Å². The van der Waals surface area contributed by atoms with Crippen molar-refractivity contribution >= 4 is 17.7 Å². The maximum absolute atomic E-state index is 11.4. The van der Waals surface area contributed by atoms with Crippen LogP contribution in [0.2, 0.25) is 0 Å². The van der Waals surface area contributed by atoms with E-state index < -0.39 is 0 Å². The van der Waals surface area contributed by atoms with Gasteiger partial charge in [0.05, 0.1) is 11.8 Å². The minimum atomic E-state index is -0.256. The second-order valence-corrected chi connectivity index (χ2v) is 4.19. The van der Waals surface area contributed by atoms with Crippen LogP contribution in [0.5, 0.6) is 0 Å². The highest BCUT2D eigenvalue weighted by molar-refractivity contribution is 8.00. The first-order valence-electron chi connectivity index (χ1n) is 4.40. The molecule has 5 nitrogen and oxygen atoms in total. The second kappa shape index (κ2) is 5.41. The lowest BCUT2D eigenvalue weighted by Crippen LogP contribution is -2.31. The third-order valence-corrected chi connectivity index (χ3v) is 2.55. The molecule has 0 aromatic carbocycles. The van der Waals surface area contributed by atoms with Crippen molar-refractivity contribution in [3.63, 3.8) is 0 Å². The van der Waals surface area contributed by atoms with Gasteiger partial charge in [-0.25, -0.2) is 4.98 Å². The number of carbonyl (C=O) groups excluding carboxylic acids is 1. The average Bonchev–Trinajstić information content (AvgIpc) is 2.60. The average molecular weight is 224 g/mol. The number of aromatic amines is 1. The van der Waals surface area contributed by atoms with Crippen molar-refractivity contribution in [2.45, 2.75) is 24.3 Å². The Morgan fingerprint density at radius 3 is 3.07 bits per heavy atom. The van der Waals surface area contributed by atoms with Gasteiger partial charge >= 0.3 is 0 Å². The van der Waals surface area contributed by atoms with Crippen molar-refractivity contribution < 1.29 is 4.79 Å². The van der Waals surface area contributed by atoms with Gasteiger partial charge in [0.15, 0.2) is 0 Å². The van der Waals surface area contributed by atoms with E-state index in [0.29, 0.717) is 5.16 Å². The molecule has 2 N–H and O–H groups in total. The van der Waals surface area contributed by atoms with Crippen molar-refractivity contribution in [2.75, 3.05) is 6.54 Å². The molecular weight excluding hydrogens is 212 g/mol. The molecule has 0 unspecified atom stereocenters. The van der Waals surface area contributed by atoms with Crippen LogP contribution in [0.25, 0.3) is 0 Å². The summed E-state index contributed by atoms with van der Waals surface area (Å²) >= 11 is 1.29. The Morgan fingerprint density at radius 1 is 1.80 bits per heavy atom. The number of nitrogens with zero attached hydrogens (tertiary/aromatic N) is 2. The Balaban J connectivity index is 2.45. The van der Waals surface area contributed by atoms with E-state index in [0.717, 1.165) is 5.82 Å². The van der Waals surface area contributed by atoms with Crippen LogP contribution in [-0.4, -0.2) is 32.9 Å². The highest BCUT2D eigenvalue weighted by atomic mass is 32.2. The molecule has 0 bridgehead atoms. The first-order chi connectivity index (χ1) is 7.13. The predicted octanol–water partition coefficient (Wildman–Crippen LogP) is 0.343. The summed E-state index contributed by atoms with van der Waals surface area (Å²) in [6, 6.07) is 0. The number of hydrogen-bond acceptors (Lipinski definition) is 4. The van der Waals surface area contributed by atoms with Crippen LogP contribution < -0.4 is 5.32 Å². The first-order valence-corrected chi connectivity index (χ1v) is 5.28. The molecule has 0 fully saturated rings. The second-order valence-electron chi connectivity index (χ2n) is 2.89. The van der Waals surface area contributed by atoms with Crippen LogP contribution in [0.1, 0.15) is 12.7 Å². The fourth-order valence-corrected chi connectivity index (χ4v) is 1.66. The molecule has 15 heavy (non-hydrogen) atoms. The van der Waals surface area contributed by atoms with Crippen molar-refractivity contribution in [1.29, 1.82) is 0 Å². The van der Waals surface area contributed by atoms with Gasteiger partial charge in [-0.3, -0.25) is 9.89 Å². The molecule has 0 aliphatic heterocycles. The van der Waals surface area contributed by atoms with E-state index in [-0.39, 0.29) is 17.7 Å². The number of terminal acetylenes is 1. The summed E-state index contributed by atoms with van der Waals surface area (Å²) in [5, 5.41) is 9.54. The van der Waals surface area contributed by atoms with E-state index in [1.165, 1.54) is 11.8 Å². The fraction of sp³-hybridized carbons (Fsp3) is 0.444. The molecule has 0 saturated heterocycles. The molecular formula is C9H12N4OS. The third kappa shape index (κ3) is 3.64. The normalized spacial score (nSPS) is 11.8. The number of hydrogen-bond donors (Lipinski definition) is 2. The molecule has 1 amide bonds. The number of amides is 1. The summed E-state index contributed by atoms with van der Waals surface area (Å²) in [4.78, 5) is 15.5. The van der Waals surface area contributed by atoms with Crippen LogP contribution in [0.15, 0.2) is 5.16 Å². The molecule has 1 rings (SSSR count). The van der Waals surface area contributed by atoms with Gasteiger partial charge in [0.25, 0.3) is 0 Å². The van der Waals surface area contributed by atoms with Crippen molar-refractivity contribution in [3.8, 4) is 12.3 Å². The van der Waals surface area contributed by atoms with Crippen molar-refractivity contribution in [1.82, 2.24) is 20.5 Å². The summed E-state index contributed by atoms with van der Waals surface area (Å²) in [5.41, 5.74) is 0. The fourth-order valence-electron chi connectivity index (χ4n) is 0.868. The molecule has 0 radical (unpaired) electrons. The third-order valence-electron chi connectivity index (χ3n) is 1.59. The SMILES string of the molecule is C#CCNC(=O)[C@H](C)Sc1n[nH]c(C)n1. The Hall–Kier alpha value is -1.48. The van der Waals surface area contributed by atoms with E-state index >= 15 is 0 Å². The Bertz CT molecular complexity index is 382. The van der Waals surface area contributed by atoms with Crippen molar-refractivity contribution in [3.05, 3.63) is 5.82 Å². The number of nitrogens with one attached hydrogen (secondary N) is 2. The number of aryl methyl sites for hydroxylation is 1. The van der Waals surface area contributed by atoms with Gasteiger partial charge in [-0.2, -0.15) is 0 Å². The number of H-pyrrole nitrogens is 1. The topological polar surface area (TPSA) is 70.7 Å². The van der Waals surface area contributed by atoms with E-state index in [1.807, 2.05) is 0 Å². The highest BCUT2D eigenvalue weighted by Crippen LogP contribution is 2.18. The van der Waals surface area contributed by atoms with Crippen LogP contribution in [-0.2, 0) is 4.79 Å². The zero-order valence-electron chi connectivity index (χ0n) is 8.57. The molecule has 1 heterocycles. The Labute approximate surface area is 92.4 Å². The number of aromatic nitrogens is 3. The smallest absolute Gasteiger partial charge is 0.234 e. The zero-order chi connectivity index (χ0) is 11.3. The standard InChI is InChI=1S/C9H12N4OS/c1-4-5-10-8(14)6(2)15-9-11-7(3)12-13-9/h1,6H,5H2,2-3H3,(H,10,14)(H,11,12,13)/t6-/m0/s1. The number of carbonyl (C=O) groups is 1. The molecule has 0 saturated carbocycles. The molecule has 0 aliphatic carbocycles. The van der Waals surface area contributed by atoms with Gasteiger partial charge in [0.1, 0.15) is 5.82 Å². The molecule has 1 aromatic rings. The summed E-state index contributed by atoms with van der Waals surface area (Å²) in [7, 11) is 0. The van der Waals surface area contributed by atoms with E-state index in [1.54, 1.807) is 13.8 Å². The van der Waals surface area contributed by atoms with Crippen LogP contribution >= 0.6 is 11.8 Å². The van der Waals surface area contributed by atoms with Gasteiger partial charge in [0, 0.05) is 0 Å². The van der Waals surface area contributed by atoms with Gasteiger partial charge in [-0.15, -0.1) is 11.5 Å². The zero-order valence-corrected chi connectivity index (χ0v) is 9.39. The maximum Gasteiger partial charge on any atom is 0.234 e. The lowest BCUT2D eigenvalue weighted by Gasteiger charge is -2.07. The first kappa shape index (κ1) is 11.6. The van der Waals surface area contributed by atoms with Gasteiger partial charge in [0.2, 0.25) is 11.1 Å². The highest BCUT2D eigenvalue weighted by Gasteiger charge is 2.15. The van der Waals surface area contributed by atoms with Crippen molar-refractivity contribution in [2.24, 2.45) is 0 Å². The molecule has 6 heteroatoms. The summed E-state index contributed by atoms with van der Waals surface area (Å²) in [6.07, 6.45) is 5.03. The summed E-state index contributed by atoms with van der Waals surface area (Å²) in [6.45, 7) is 3.83. The maximum atomic E-state index is 11.4. The molecule has 1 atom stereocenters. The summed E-state index contributed by atoms with van der Waals surface area (Å²) in [5.74, 6) is 2.96. The van der Waals surface area contributed by atoms with Gasteiger partial charge in [-0.1, -0.05) is 17.7 Å². The predicted molar refractivity (Wildman–Crippen MR) is 58.3 cm³/mol. The summed E-state index contributed by atoms with van der Waals surface area (Å²) < 4.78 is 0. The lowest BCUT2D eigenvalue weighted by atomic mass is 10.4. The van der Waals surface area contributed by atoms with Crippen LogP contribution in [0, 0.1) is 19.3 Å². The van der Waals surface area contributed by atoms with E-state index in [4.69, 9.17) is 6.42 Å². The largest absolute Gasteiger partial charge is 0.344 e. The molecule has 0 aliphatic rings. The van der Waals surface area contributed by atoms with E-state index in [9.17, 15) is 4.79 Å². The monoisotopic (exact) mass is 224 g/mol.